The Bertz CT molecular complexity index is 332. The van der Waals surface area contributed by atoms with Crippen molar-refractivity contribution in [2.75, 3.05) is 0 Å². The van der Waals surface area contributed by atoms with E-state index in [0.717, 1.165) is 0 Å². The van der Waals surface area contributed by atoms with Gasteiger partial charge in [0.1, 0.15) is 0 Å². The van der Waals surface area contributed by atoms with E-state index in [0.29, 0.717) is 0 Å². The number of ketones is 1. The fourth-order valence-electron chi connectivity index (χ4n) is 0.975. The van der Waals surface area contributed by atoms with E-state index in [1.165, 1.54) is 13.8 Å². The minimum Gasteiger partial charge on any atom is -0.481 e. The third kappa shape index (κ3) is 5.64. The van der Waals surface area contributed by atoms with Crippen LogP contribution in [-0.4, -0.2) is 40.0 Å². The van der Waals surface area contributed by atoms with Crippen LogP contribution in [-0.2, 0) is 23.9 Å². The zero-order valence-corrected chi connectivity index (χ0v) is 9.50. The van der Waals surface area contributed by atoms with Crippen LogP contribution in [0.4, 0.5) is 0 Å². The number of carboxylic acid groups (broad SMARTS) is 2. The number of rotatable bonds is 7. The predicted octanol–water partition coefficient (Wildman–Crippen LogP) is 0.0727. The maximum Gasteiger partial charge on any atom is 0.375 e. The van der Waals surface area contributed by atoms with Gasteiger partial charge < -0.3 is 14.9 Å². The topological polar surface area (TPSA) is 118 Å². The van der Waals surface area contributed by atoms with Crippen molar-refractivity contribution in [3.05, 3.63) is 0 Å². The van der Waals surface area contributed by atoms with Gasteiger partial charge in [-0.05, 0) is 0 Å². The summed E-state index contributed by atoms with van der Waals surface area (Å²) in [6, 6.07) is 0. The Labute approximate surface area is 97.4 Å². The molecule has 1 atom stereocenters. The summed E-state index contributed by atoms with van der Waals surface area (Å²) in [4.78, 5) is 43.1. The first-order valence-electron chi connectivity index (χ1n) is 4.94. The summed E-state index contributed by atoms with van der Waals surface area (Å²) in [5, 5.41) is 17.0. The Morgan fingerprint density at radius 3 is 1.94 bits per heavy atom. The Morgan fingerprint density at radius 2 is 1.59 bits per heavy atom. The molecule has 0 saturated heterocycles. The highest BCUT2D eigenvalue weighted by Crippen LogP contribution is 2.08. The number of ether oxygens (including phenoxy) is 1. The van der Waals surface area contributed by atoms with Crippen LogP contribution in [0.15, 0.2) is 0 Å². The Kier molecular flexibility index (Phi) is 5.87. The van der Waals surface area contributed by atoms with Gasteiger partial charge in [-0.1, -0.05) is 13.8 Å². The molecule has 0 heterocycles. The van der Waals surface area contributed by atoms with E-state index in [1.807, 2.05) is 0 Å². The van der Waals surface area contributed by atoms with Crippen molar-refractivity contribution in [2.45, 2.75) is 32.8 Å². The second kappa shape index (κ2) is 6.62. The van der Waals surface area contributed by atoms with E-state index in [4.69, 9.17) is 10.2 Å². The molecule has 0 aliphatic carbocycles. The van der Waals surface area contributed by atoms with Crippen molar-refractivity contribution >= 4 is 23.7 Å². The molecule has 0 aromatic heterocycles. The maximum atomic E-state index is 11.1. The van der Waals surface area contributed by atoms with E-state index in [-0.39, 0.29) is 0 Å². The third-order valence-electron chi connectivity index (χ3n) is 1.88. The van der Waals surface area contributed by atoms with Gasteiger partial charge >= 0.3 is 17.9 Å². The summed E-state index contributed by atoms with van der Waals surface area (Å²) in [7, 11) is 0. The fourth-order valence-corrected chi connectivity index (χ4v) is 0.975. The lowest BCUT2D eigenvalue weighted by molar-refractivity contribution is -0.170. The monoisotopic (exact) mass is 246 g/mol. The van der Waals surface area contributed by atoms with Gasteiger partial charge in [-0.25, -0.2) is 9.59 Å². The second-order valence-corrected chi connectivity index (χ2v) is 3.73. The average Bonchev–Trinajstić information content (AvgIpc) is 2.20. The molecule has 0 fully saturated rings. The number of carbonyl (C=O) groups excluding carboxylic acids is 2. The van der Waals surface area contributed by atoms with E-state index in [2.05, 4.69) is 4.74 Å². The van der Waals surface area contributed by atoms with Crippen LogP contribution in [0.5, 0.6) is 0 Å². The largest absolute Gasteiger partial charge is 0.481 e. The number of aliphatic carboxylic acids is 2. The Hall–Kier alpha value is -1.92. The number of hydrogen-bond donors (Lipinski definition) is 2. The first-order valence-corrected chi connectivity index (χ1v) is 4.94. The van der Waals surface area contributed by atoms with Gasteiger partial charge in [0.15, 0.2) is 0 Å². The molecular weight excluding hydrogens is 232 g/mol. The molecule has 0 aliphatic heterocycles. The van der Waals surface area contributed by atoms with Crippen molar-refractivity contribution in [1.82, 2.24) is 0 Å². The molecule has 7 heteroatoms. The quantitative estimate of drug-likeness (QED) is 0.482. The van der Waals surface area contributed by atoms with Gasteiger partial charge in [0.05, 0.1) is 6.42 Å². The fraction of sp³-hybridized carbons (Fsp3) is 0.600. The Morgan fingerprint density at radius 1 is 1.06 bits per heavy atom. The number of Topliss-reactive ketones (excluding diaryl/α,β-unsaturated/α-hetero) is 1. The Balaban J connectivity index is 4.36. The van der Waals surface area contributed by atoms with Gasteiger partial charge in [0, 0.05) is 12.3 Å². The molecule has 1 unspecified atom stereocenters. The predicted molar refractivity (Wildman–Crippen MR) is 54.2 cm³/mol. The standard InChI is InChI=1S/C10H14O7/c1-5(2)8(9(14)15)17-10(16)6(11)3-4-7(12)13/h5,8H,3-4H2,1-2H3,(H,12,13)(H,14,15). The molecule has 0 bridgehead atoms. The highest BCUT2D eigenvalue weighted by atomic mass is 16.6. The van der Waals surface area contributed by atoms with Crippen molar-refractivity contribution in [3.63, 3.8) is 0 Å². The summed E-state index contributed by atoms with van der Waals surface area (Å²) < 4.78 is 4.49. The summed E-state index contributed by atoms with van der Waals surface area (Å²) in [6.45, 7) is 3.04. The first-order chi connectivity index (χ1) is 7.75. The smallest absolute Gasteiger partial charge is 0.375 e. The molecule has 0 amide bonds. The van der Waals surface area contributed by atoms with Crippen molar-refractivity contribution in [1.29, 1.82) is 0 Å². The van der Waals surface area contributed by atoms with E-state index in [1.54, 1.807) is 0 Å². The van der Waals surface area contributed by atoms with Gasteiger partial charge in [-0.2, -0.15) is 0 Å². The van der Waals surface area contributed by atoms with Gasteiger partial charge in [0.2, 0.25) is 11.9 Å². The van der Waals surface area contributed by atoms with Crippen molar-refractivity contribution in [2.24, 2.45) is 5.92 Å². The number of esters is 1. The van der Waals surface area contributed by atoms with Gasteiger partial charge in [-0.3, -0.25) is 9.59 Å². The molecule has 0 saturated carbocycles. The normalized spacial score (nSPS) is 11.9. The number of carboxylic acids is 2. The third-order valence-corrected chi connectivity index (χ3v) is 1.88. The molecular formula is C10H14O7. The van der Waals surface area contributed by atoms with Crippen molar-refractivity contribution < 1.29 is 34.1 Å². The van der Waals surface area contributed by atoms with Crippen LogP contribution in [0, 0.1) is 5.92 Å². The minimum atomic E-state index is -1.41. The summed E-state index contributed by atoms with van der Waals surface area (Å²) in [6.07, 6.45) is -2.40. The number of hydrogen-bond acceptors (Lipinski definition) is 5. The lowest BCUT2D eigenvalue weighted by atomic mass is 10.1. The first kappa shape index (κ1) is 15.1. The summed E-state index contributed by atoms with van der Waals surface area (Å²) in [5.41, 5.74) is 0. The molecule has 17 heavy (non-hydrogen) atoms. The second-order valence-electron chi connectivity index (χ2n) is 3.73. The molecule has 0 spiro atoms. The van der Waals surface area contributed by atoms with Crippen LogP contribution >= 0.6 is 0 Å². The van der Waals surface area contributed by atoms with E-state index < -0.39 is 48.6 Å². The van der Waals surface area contributed by atoms with Gasteiger partial charge in [-0.15, -0.1) is 0 Å². The van der Waals surface area contributed by atoms with Crippen LogP contribution in [0.3, 0.4) is 0 Å². The lowest BCUT2D eigenvalue weighted by Crippen LogP contribution is -2.34. The lowest BCUT2D eigenvalue weighted by Gasteiger charge is -2.16. The minimum absolute atomic E-state index is 0.483. The molecule has 0 rings (SSSR count). The summed E-state index contributed by atoms with van der Waals surface area (Å²) >= 11 is 0. The van der Waals surface area contributed by atoms with E-state index >= 15 is 0 Å². The SMILES string of the molecule is CC(C)C(OC(=O)C(=O)CCC(=O)O)C(=O)O. The molecule has 0 aliphatic rings. The van der Waals surface area contributed by atoms with Crippen LogP contribution in [0.2, 0.25) is 0 Å². The number of carbonyl (C=O) groups is 4. The van der Waals surface area contributed by atoms with Crippen LogP contribution in [0.25, 0.3) is 0 Å². The molecule has 0 aromatic rings. The zero-order chi connectivity index (χ0) is 13.6. The highest BCUT2D eigenvalue weighted by Gasteiger charge is 2.28. The van der Waals surface area contributed by atoms with Crippen molar-refractivity contribution in [3.8, 4) is 0 Å². The zero-order valence-electron chi connectivity index (χ0n) is 9.50. The molecule has 7 nitrogen and oxygen atoms in total. The van der Waals surface area contributed by atoms with E-state index in [9.17, 15) is 19.2 Å². The summed E-state index contributed by atoms with van der Waals surface area (Å²) in [5.74, 6) is -5.40. The molecule has 96 valence electrons. The van der Waals surface area contributed by atoms with Gasteiger partial charge in [0.25, 0.3) is 0 Å². The maximum absolute atomic E-state index is 11.1. The average molecular weight is 246 g/mol. The van der Waals surface area contributed by atoms with Crippen LogP contribution < -0.4 is 0 Å². The highest BCUT2D eigenvalue weighted by molar-refractivity contribution is 6.34. The molecule has 0 aromatic carbocycles. The molecule has 2 N–H and O–H groups in total. The molecule has 0 radical (unpaired) electrons. The van der Waals surface area contributed by atoms with Crippen LogP contribution in [0.1, 0.15) is 26.7 Å².